The third-order valence-corrected chi connectivity index (χ3v) is 2.54. The maximum atomic E-state index is 11.0. The van der Waals surface area contributed by atoms with Gasteiger partial charge in [0.1, 0.15) is 9.84 Å². The van der Waals surface area contributed by atoms with Crippen LogP contribution < -0.4 is 5.32 Å². The highest BCUT2D eigenvalue weighted by atomic mass is 32.2. The maximum absolute atomic E-state index is 11.0. The Balaban J connectivity index is 3.43. The summed E-state index contributed by atoms with van der Waals surface area (Å²) in [5.74, 6) is -0.177. The van der Waals surface area contributed by atoms with Gasteiger partial charge >= 0.3 is 5.97 Å². The minimum Gasteiger partial charge on any atom is -0.462 e. The Bertz CT molecular complexity index is 284. The molecule has 0 atom stereocenters. The van der Waals surface area contributed by atoms with Crippen LogP contribution in [0.15, 0.2) is 0 Å². The minimum atomic E-state index is -2.90. The summed E-state index contributed by atoms with van der Waals surface area (Å²) in [6.07, 6.45) is 1.59. The largest absolute Gasteiger partial charge is 0.462 e. The van der Waals surface area contributed by atoms with Crippen LogP contribution in [0, 0.1) is 0 Å². The number of hydrogen-bond acceptors (Lipinski definition) is 5. The van der Waals surface area contributed by atoms with Crippen LogP contribution in [-0.4, -0.2) is 45.6 Å². The normalized spacial score (nSPS) is 11.7. The fourth-order valence-corrected chi connectivity index (χ4v) is 1.62. The highest BCUT2D eigenvalue weighted by molar-refractivity contribution is 7.90. The molecule has 0 aromatic carbocycles. The van der Waals surface area contributed by atoms with Crippen LogP contribution in [0.2, 0.25) is 0 Å². The predicted octanol–water partition coefficient (Wildman–Crippen LogP) is -0.0377. The number of nitrogens with one attached hydrogen (secondary N) is 1. The maximum Gasteiger partial charge on any atom is 0.320 e. The molecule has 0 spiro atoms. The Labute approximate surface area is 91.1 Å². The van der Waals surface area contributed by atoms with Crippen molar-refractivity contribution in [2.75, 3.05) is 25.1 Å². The molecular weight excluding hydrogens is 218 g/mol. The van der Waals surface area contributed by atoms with Gasteiger partial charge in [-0.2, -0.15) is 0 Å². The number of rotatable bonds is 7. The van der Waals surface area contributed by atoms with Gasteiger partial charge in [-0.25, -0.2) is 8.42 Å². The Hall–Kier alpha value is -0.620. The summed E-state index contributed by atoms with van der Waals surface area (Å²) in [6.45, 7) is 4.19. The molecule has 1 N–H and O–H groups in total. The molecule has 0 aromatic rings. The SMILES string of the molecule is CC(C)OC(=O)CNCCCS(C)(=O)=O. The van der Waals surface area contributed by atoms with E-state index in [2.05, 4.69) is 5.32 Å². The second-order valence-corrected chi connectivity index (χ2v) is 5.96. The smallest absolute Gasteiger partial charge is 0.320 e. The number of ether oxygens (including phenoxy) is 1. The van der Waals surface area contributed by atoms with Crippen molar-refractivity contribution < 1.29 is 17.9 Å². The molecule has 0 heterocycles. The summed E-state index contributed by atoms with van der Waals surface area (Å²) >= 11 is 0. The van der Waals surface area contributed by atoms with Gasteiger partial charge in [0, 0.05) is 6.26 Å². The molecule has 0 amide bonds. The Morgan fingerprint density at radius 3 is 2.47 bits per heavy atom. The van der Waals surface area contributed by atoms with Gasteiger partial charge in [-0.05, 0) is 26.8 Å². The molecule has 0 bridgehead atoms. The molecule has 0 aliphatic rings. The summed E-state index contributed by atoms with van der Waals surface area (Å²) in [5, 5.41) is 2.82. The first kappa shape index (κ1) is 14.4. The van der Waals surface area contributed by atoms with E-state index in [1.807, 2.05) is 0 Å². The highest BCUT2D eigenvalue weighted by Crippen LogP contribution is 1.89. The first-order chi connectivity index (χ1) is 6.81. The average molecular weight is 237 g/mol. The molecule has 0 rings (SSSR count). The van der Waals surface area contributed by atoms with Crippen molar-refractivity contribution in [2.45, 2.75) is 26.4 Å². The molecule has 5 nitrogen and oxygen atoms in total. The van der Waals surface area contributed by atoms with E-state index in [4.69, 9.17) is 4.74 Å². The minimum absolute atomic E-state index is 0.115. The number of carbonyl (C=O) groups excluding carboxylic acids is 1. The van der Waals surface area contributed by atoms with Gasteiger partial charge in [0.2, 0.25) is 0 Å². The molecule has 0 unspecified atom stereocenters. The zero-order valence-electron chi connectivity index (χ0n) is 9.45. The van der Waals surface area contributed by atoms with Crippen LogP contribution in [0.5, 0.6) is 0 Å². The van der Waals surface area contributed by atoms with Gasteiger partial charge in [0.05, 0.1) is 18.4 Å². The van der Waals surface area contributed by atoms with Gasteiger partial charge in [-0.15, -0.1) is 0 Å². The Morgan fingerprint density at radius 1 is 1.40 bits per heavy atom. The van der Waals surface area contributed by atoms with E-state index in [1.165, 1.54) is 6.26 Å². The lowest BCUT2D eigenvalue weighted by Crippen LogP contribution is -2.28. The zero-order chi connectivity index (χ0) is 11.9. The Morgan fingerprint density at radius 2 is 2.00 bits per heavy atom. The van der Waals surface area contributed by atoms with Crippen molar-refractivity contribution in [2.24, 2.45) is 0 Å². The lowest BCUT2D eigenvalue weighted by molar-refractivity contribution is -0.146. The second kappa shape index (κ2) is 6.79. The van der Waals surface area contributed by atoms with Crippen LogP contribution in [0.4, 0.5) is 0 Å². The van der Waals surface area contributed by atoms with E-state index in [0.29, 0.717) is 13.0 Å². The van der Waals surface area contributed by atoms with E-state index in [9.17, 15) is 13.2 Å². The lowest BCUT2D eigenvalue weighted by atomic mass is 10.4. The Kier molecular flexibility index (Phi) is 6.51. The van der Waals surface area contributed by atoms with Crippen LogP contribution in [-0.2, 0) is 19.4 Å². The number of carbonyl (C=O) groups is 1. The van der Waals surface area contributed by atoms with E-state index in [1.54, 1.807) is 13.8 Å². The molecule has 0 fully saturated rings. The van der Waals surface area contributed by atoms with E-state index < -0.39 is 9.84 Å². The second-order valence-electron chi connectivity index (χ2n) is 3.70. The summed E-state index contributed by atoms with van der Waals surface area (Å²) < 4.78 is 26.4. The summed E-state index contributed by atoms with van der Waals surface area (Å²) in [6, 6.07) is 0. The zero-order valence-corrected chi connectivity index (χ0v) is 10.3. The number of sulfone groups is 1. The fraction of sp³-hybridized carbons (Fsp3) is 0.889. The van der Waals surface area contributed by atoms with Crippen molar-refractivity contribution in [3.63, 3.8) is 0 Å². The van der Waals surface area contributed by atoms with Crippen molar-refractivity contribution in [1.82, 2.24) is 5.32 Å². The molecule has 0 aliphatic heterocycles. The molecule has 90 valence electrons. The molecule has 0 saturated carbocycles. The molecule has 0 radical (unpaired) electrons. The lowest BCUT2D eigenvalue weighted by Gasteiger charge is -2.08. The quantitative estimate of drug-likeness (QED) is 0.497. The third-order valence-electron chi connectivity index (χ3n) is 1.51. The van der Waals surface area contributed by atoms with Gasteiger partial charge in [-0.1, -0.05) is 0 Å². The van der Waals surface area contributed by atoms with Gasteiger partial charge in [0.15, 0.2) is 0 Å². The molecule has 0 aliphatic carbocycles. The highest BCUT2D eigenvalue weighted by Gasteiger charge is 2.05. The van der Waals surface area contributed by atoms with Crippen LogP contribution >= 0.6 is 0 Å². The molecule has 0 aromatic heterocycles. The molecule has 0 saturated heterocycles. The standard InChI is InChI=1S/C9H19NO4S/c1-8(2)14-9(11)7-10-5-4-6-15(3,12)13/h8,10H,4-7H2,1-3H3. The fourth-order valence-electron chi connectivity index (χ4n) is 0.954. The molecule has 15 heavy (non-hydrogen) atoms. The van der Waals surface area contributed by atoms with Crippen molar-refractivity contribution in [3.8, 4) is 0 Å². The van der Waals surface area contributed by atoms with Crippen LogP contribution in [0.1, 0.15) is 20.3 Å². The van der Waals surface area contributed by atoms with Crippen molar-refractivity contribution in [1.29, 1.82) is 0 Å². The first-order valence-electron chi connectivity index (χ1n) is 4.89. The summed E-state index contributed by atoms with van der Waals surface area (Å²) in [7, 11) is -2.90. The number of esters is 1. The third kappa shape index (κ3) is 11.3. The van der Waals surface area contributed by atoms with Crippen molar-refractivity contribution in [3.05, 3.63) is 0 Å². The van der Waals surface area contributed by atoms with E-state index >= 15 is 0 Å². The van der Waals surface area contributed by atoms with Gasteiger partial charge in [-0.3, -0.25) is 4.79 Å². The van der Waals surface area contributed by atoms with Crippen LogP contribution in [0.25, 0.3) is 0 Å². The summed E-state index contributed by atoms with van der Waals surface area (Å²) in [5.41, 5.74) is 0. The average Bonchev–Trinajstić information content (AvgIpc) is 1.99. The molecule has 6 heteroatoms. The number of hydrogen-bond donors (Lipinski definition) is 1. The van der Waals surface area contributed by atoms with Gasteiger partial charge < -0.3 is 10.1 Å². The van der Waals surface area contributed by atoms with Crippen molar-refractivity contribution >= 4 is 15.8 Å². The van der Waals surface area contributed by atoms with E-state index in [0.717, 1.165) is 0 Å². The summed E-state index contributed by atoms with van der Waals surface area (Å²) in [4.78, 5) is 11.0. The van der Waals surface area contributed by atoms with Gasteiger partial charge in [0.25, 0.3) is 0 Å². The predicted molar refractivity (Wildman–Crippen MR) is 58.4 cm³/mol. The first-order valence-corrected chi connectivity index (χ1v) is 6.95. The van der Waals surface area contributed by atoms with E-state index in [-0.39, 0.29) is 24.4 Å². The monoisotopic (exact) mass is 237 g/mol. The molecular formula is C9H19NO4S. The topological polar surface area (TPSA) is 72.5 Å². The van der Waals surface area contributed by atoms with Crippen LogP contribution in [0.3, 0.4) is 0 Å².